The molecule has 0 unspecified atom stereocenters. The van der Waals surface area contributed by atoms with Gasteiger partial charge >= 0.3 is 5.69 Å². The molecule has 0 saturated carbocycles. The van der Waals surface area contributed by atoms with Crippen LogP contribution in [0.1, 0.15) is 0 Å². The number of amides is 1. The van der Waals surface area contributed by atoms with Crippen LogP contribution in [0.25, 0.3) is 11.5 Å². The van der Waals surface area contributed by atoms with Crippen LogP contribution in [0, 0.1) is 5.82 Å². The van der Waals surface area contributed by atoms with Gasteiger partial charge in [0.1, 0.15) is 18.1 Å². The van der Waals surface area contributed by atoms with Gasteiger partial charge in [-0.1, -0.05) is 18.2 Å². The minimum atomic E-state index is -0.548. The van der Waals surface area contributed by atoms with E-state index in [0.717, 1.165) is 4.68 Å². The molecular weight excluding hydrogens is 313 g/mol. The molecule has 1 aromatic carbocycles. The van der Waals surface area contributed by atoms with Gasteiger partial charge in [0, 0.05) is 13.2 Å². The smallest absolute Gasteiger partial charge is 0.322 e. The van der Waals surface area contributed by atoms with Crippen LogP contribution in [0.5, 0.6) is 0 Å². The summed E-state index contributed by atoms with van der Waals surface area (Å²) in [5, 5.41) is 6.55. The van der Waals surface area contributed by atoms with Crippen molar-refractivity contribution in [1.29, 1.82) is 0 Å². The monoisotopic (exact) mass is 327 g/mol. The lowest BCUT2D eigenvalue weighted by Gasteiger charge is -2.05. The molecule has 1 N–H and O–H groups in total. The van der Waals surface area contributed by atoms with Crippen LogP contribution in [0.3, 0.4) is 0 Å². The van der Waals surface area contributed by atoms with Gasteiger partial charge in [0.2, 0.25) is 5.91 Å². The summed E-state index contributed by atoms with van der Waals surface area (Å²) in [7, 11) is 1.55. The molecule has 0 saturated heterocycles. The first-order valence-corrected chi connectivity index (χ1v) is 7.16. The fourth-order valence-corrected chi connectivity index (χ4v) is 2.20. The molecule has 0 atom stereocenters. The van der Waals surface area contributed by atoms with Crippen molar-refractivity contribution in [2.24, 2.45) is 7.05 Å². The molecule has 0 bridgehead atoms. The normalized spacial score (nSPS) is 10.6. The van der Waals surface area contributed by atoms with Crippen molar-refractivity contribution in [3.63, 3.8) is 0 Å². The van der Waals surface area contributed by atoms with Crippen molar-refractivity contribution in [2.75, 3.05) is 5.32 Å². The average Bonchev–Trinajstić information content (AvgIpc) is 2.86. The Hall–Kier alpha value is -3.29. The van der Waals surface area contributed by atoms with E-state index in [0.29, 0.717) is 11.5 Å². The van der Waals surface area contributed by atoms with E-state index in [1.807, 2.05) is 0 Å². The number of benzene rings is 1. The zero-order valence-corrected chi connectivity index (χ0v) is 12.8. The summed E-state index contributed by atoms with van der Waals surface area (Å²) in [5.74, 6) is -0.749. The van der Waals surface area contributed by atoms with Gasteiger partial charge < -0.3 is 5.32 Å². The van der Waals surface area contributed by atoms with E-state index in [1.54, 1.807) is 37.5 Å². The second kappa shape index (κ2) is 6.45. The molecule has 122 valence electrons. The third-order valence-corrected chi connectivity index (χ3v) is 3.38. The predicted octanol–water partition coefficient (Wildman–Crippen LogP) is 1.42. The quantitative estimate of drug-likeness (QED) is 0.786. The highest BCUT2D eigenvalue weighted by molar-refractivity contribution is 5.90. The number of hydrogen-bond acceptors (Lipinski definition) is 4. The number of halogens is 1. The van der Waals surface area contributed by atoms with Gasteiger partial charge in [0.25, 0.3) is 0 Å². The Morgan fingerprint density at radius 3 is 2.67 bits per heavy atom. The van der Waals surface area contributed by atoms with Crippen LogP contribution < -0.4 is 11.0 Å². The Bertz CT molecular complexity index is 933. The summed E-state index contributed by atoms with van der Waals surface area (Å²) in [5.41, 5.74) is 0.112. The SMILES string of the molecule is Cn1c(-c2ccccn2)nn(CC(=O)Nc2ccccc2F)c1=O. The summed E-state index contributed by atoms with van der Waals surface area (Å²) in [6.07, 6.45) is 1.59. The Kier molecular flexibility index (Phi) is 4.19. The zero-order chi connectivity index (χ0) is 17.1. The van der Waals surface area contributed by atoms with Crippen LogP contribution in [0.4, 0.5) is 10.1 Å². The van der Waals surface area contributed by atoms with Gasteiger partial charge in [0.15, 0.2) is 5.82 Å². The lowest BCUT2D eigenvalue weighted by molar-refractivity contribution is -0.117. The number of anilines is 1. The maximum Gasteiger partial charge on any atom is 0.346 e. The molecule has 2 heterocycles. The number of carbonyl (C=O) groups is 1. The second-order valence-corrected chi connectivity index (χ2v) is 5.07. The highest BCUT2D eigenvalue weighted by Crippen LogP contribution is 2.13. The van der Waals surface area contributed by atoms with Gasteiger partial charge in [-0.15, -0.1) is 5.10 Å². The standard InChI is InChI=1S/C16H14FN5O2/c1-21-15(13-8-4-5-9-18-13)20-22(16(21)24)10-14(23)19-12-7-3-2-6-11(12)17/h2-9H,10H2,1H3,(H,19,23). The summed E-state index contributed by atoms with van der Waals surface area (Å²) < 4.78 is 15.9. The Labute approximate surface area is 136 Å². The highest BCUT2D eigenvalue weighted by Gasteiger charge is 2.15. The Morgan fingerprint density at radius 1 is 1.21 bits per heavy atom. The van der Waals surface area contributed by atoms with Crippen molar-refractivity contribution in [2.45, 2.75) is 6.54 Å². The number of aromatic nitrogens is 4. The molecular formula is C16H14FN5O2. The first-order chi connectivity index (χ1) is 11.6. The summed E-state index contributed by atoms with van der Waals surface area (Å²) in [4.78, 5) is 28.4. The van der Waals surface area contributed by atoms with E-state index in [9.17, 15) is 14.0 Å². The first kappa shape index (κ1) is 15.6. The number of hydrogen-bond donors (Lipinski definition) is 1. The molecule has 0 radical (unpaired) electrons. The maximum atomic E-state index is 13.5. The highest BCUT2D eigenvalue weighted by atomic mass is 19.1. The van der Waals surface area contributed by atoms with Crippen LogP contribution >= 0.6 is 0 Å². The molecule has 0 fully saturated rings. The van der Waals surface area contributed by atoms with E-state index in [2.05, 4.69) is 15.4 Å². The van der Waals surface area contributed by atoms with Gasteiger partial charge in [-0.3, -0.25) is 14.3 Å². The lowest BCUT2D eigenvalue weighted by Crippen LogP contribution is -2.29. The minimum absolute atomic E-state index is 0.0522. The third kappa shape index (κ3) is 3.07. The zero-order valence-electron chi connectivity index (χ0n) is 12.8. The molecule has 0 aliphatic carbocycles. The van der Waals surface area contributed by atoms with Crippen molar-refractivity contribution in [3.05, 3.63) is 65.0 Å². The molecule has 3 aromatic rings. The molecule has 1 amide bonds. The van der Waals surface area contributed by atoms with Gasteiger partial charge in [-0.05, 0) is 24.3 Å². The average molecular weight is 327 g/mol. The summed E-state index contributed by atoms with van der Waals surface area (Å²) in [6, 6.07) is 11.0. The van der Waals surface area contributed by atoms with Crippen LogP contribution in [-0.4, -0.2) is 25.2 Å². The molecule has 7 nitrogen and oxygen atoms in total. The van der Waals surface area contributed by atoms with Crippen molar-refractivity contribution >= 4 is 11.6 Å². The van der Waals surface area contributed by atoms with Gasteiger partial charge in [-0.2, -0.15) is 0 Å². The Balaban J connectivity index is 1.82. The molecule has 0 aliphatic rings. The van der Waals surface area contributed by atoms with Gasteiger partial charge in [-0.25, -0.2) is 13.9 Å². The second-order valence-electron chi connectivity index (χ2n) is 5.07. The molecule has 0 aliphatic heterocycles. The van der Waals surface area contributed by atoms with Crippen molar-refractivity contribution < 1.29 is 9.18 Å². The predicted molar refractivity (Wildman–Crippen MR) is 85.7 cm³/mol. The van der Waals surface area contributed by atoms with E-state index in [4.69, 9.17) is 0 Å². The topological polar surface area (TPSA) is 81.8 Å². The Morgan fingerprint density at radius 2 is 1.96 bits per heavy atom. The van der Waals surface area contributed by atoms with E-state index in [-0.39, 0.29) is 12.2 Å². The minimum Gasteiger partial charge on any atom is -0.322 e. The maximum absolute atomic E-state index is 13.5. The third-order valence-electron chi connectivity index (χ3n) is 3.38. The van der Waals surface area contributed by atoms with Gasteiger partial charge in [0.05, 0.1) is 5.69 Å². The summed E-state index contributed by atoms with van der Waals surface area (Å²) in [6.45, 7) is -0.326. The molecule has 2 aromatic heterocycles. The molecule has 0 spiro atoms. The van der Waals surface area contributed by atoms with E-state index >= 15 is 0 Å². The lowest BCUT2D eigenvalue weighted by atomic mass is 10.3. The van der Waals surface area contributed by atoms with Crippen LogP contribution in [0.2, 0.25) is 0 Å². The van der Waals surface area contributed by atoms with Crippen LogP contribution in [-0.2, 0) is 18.4 Å². The number of pyridine rings is 1. The first-order valence-electron chi connectivity index (χ1n) is 7.16. The van der Waals surface area contributed by atoms with Crippen molar-refractivity contribution in [1.82, 2.24) is 19.3 Å². The molecule has 8 heteroatoms. The molecule has 24 heavy (non-hydrogen) atoms. The number of nitrogens with zero attached hydrogens (tertiary/aromatic N) is 4. The number of carbonyl (C=O) groups excluding carboxylic acids is 1. The fourth-order valence-electron chi connectivity index (χ4n) is 2.20. The number of rotatable bonds is 4. The number of nitrogens with one attached hydrogen (secondary N) is 1. The van der Waals surface area contributed by atoms with E-state index < -0.39 is 17.4 Å². The fraction of sp³-hybridized carbons (Fsp3) is 0.125. The number of para-hydroxylation sites is 1. The summed E-state index contributed by atoms with van der Waals surface area (Å²) >= 11 is 0. The van der Waals surface area contributed by atoms with Crippen LogP contribution in [0.15, 0.2) is 53.5 Å². The largest absolute Gasteiger partial charge is 0.346 e. The van der Waals surface area contributed by atoms with Crippen molar-refractivity contribution in [3.8, 4) is 11.5 Å². The molecule has 3 rings (SSSR count). The van der Waals surface area contributed by atoms with E-state index in [1.165, 1.54) is 22.8 Å².